The summed E-state index contributed by atoms with van der Waals surface area (Å²) in [6.45, 7) is 0.365. The number of hydrogen-bond acceptors (Lipinski definition) is 6. The molecular weight excluding hydrogens is 382 g/mol. The van der Waals surface area contributed by atoms with Crippen molar-refractivity contribution in [1.29, 1.82) is 5.26 Å². The van der Waals surface area contributed by atoms with Crippen LogP contribution in [0.5, 0.6) is 11.5 Å². The number of ether oxygens (including phenoxy) is 2. The molecular formula is C22H21N5O3. The topological polar surface area (TPSA) is 102 Å². The summed E-state index contributed by atoms with van der Waals surface area (Å²) >= 11 is 0. The minimum atomic E-state index is -0.466. The highest BCUT2D eigenvalue weighted by molar-refractivity contribution is 6.01. The molecule has 0 spiro atoms. The van der Waals surface area contributed by atoms with Crippen LogP contribution < -0.4 is 14.8 Å². The van der Waals surface area contributed by atoms with Gasteiger partial charge >= 0.3 is 0 Å². The standard InChI is InChI=1S/C22H21N5O3/c1-29-20-9-8-16(12-21(20)30-2)10-11-24-22(28)17(14-23)13-18-15-25-27(26-18)19-6-4-3-5-7-19/h3-9,12-13,15H,10-11H2,1-2H3,(H,24,28)/b17-13+. The van der Waals surface area contributed by atoms with E-state index >= 15 is 0 Å². The Bertz CT molecular complexity index is 1080. The van der Waals surface area contributed by atoms with Gasteiger partial charge in [0.05, 0.1) is 26.1 Å². The summed E-state index contributed by atoms with van der Waals surface area (Å²) in [5.74, 6) is 0.802. The Balaban J connectivity index is 1.61. The molecule has 3 rings (SSSR count). The van der Waals surface area contributed by atoms with Gasteiger partial charge in [0.15, 0.2) is 11.5 Å². The van der Waals surface area contributed by atoms with Gasteiger partial charge in [0.1, 0.15) is 17.3 Å². The second-order valence-electron chi connectivity index (χ2n) is 6.26. The van der Waals surface area contributed by atoms with Crippen molar-refractivity contribution in [2.24, 2.45) is 0 Å². The van der Waals surface area contributed by atoms with Gasteiger partial charge in [0.25, 0.3) is 5.91 Å². The van der Waals surface area contributed by atoms with E-state index in [1.165, 1.54) is 17.1 Å². The van der Waals surface area contributed by atoms with Crippen molar-refractivity contribution in [2.75, 3.05) is 20.8 Å². The smallest absolute Gasteiger partial charge is 0.262 e. The van der Waals surface area contributed by atoms with Gasteiger partial charge in [-0.15, -0.1) is 5.10 Å². The Labute approximate surface area is 174 Å². The van der Waals surface area contributed by atoms with E-state index in [9.17, 15) is 10.1 Å². The fraction of sp³-hybridized carbons (Fsp3) is 0.182. The molecule has 8 heteroatoms. The molecule has 30 heavy (non-hydrogen) atoms. The monoisotopic (exact) mass is 403 g/mol. The summed E-state index contributed by atoms with van der Waals surface area (Å²) in [4.78, 5) is 13.8. The van der Waals surface area contributed by atoms with E-state index in [1.54, 1.807) is 14.2 Å². The molecule has 0 saturated carbocycles. The van der Waals surface area contributed by atoms with Crippen molar-refractivity contribution in [1.82, 2.24) is 20.3 Å². The molecule has 0 atom stereocenters. The van der Waals surface area contributed by atoms with Crippen LogP contribution in [0, 0.1) is 11.3 Å². The average Bonchev–Trinajstić information content (AvgIpc) is 3.26. The molecule has 1 heterocycles. The molecule has 0 aliphatic carbocycles. The highest BCUT2D eigenvalue weighted by Gasteiger charge is 2.11. The number of carbonyl (C=O) groups excluding carboxylic acids is 1. The number of carbonyl (C=O) groups is 1. The first-order chi connectivity index (χ1) is 14.6. The second kappa shape index (κ2) is 9.89. The number of hydrogen-bond donors (Lipinski definition) is 1. The third kappa shape index (κ3) is 5.02. The third-order valence-corrected chi connectivity index (χ3v) is 4.30. The Morgan fingerprint density at radius 1 is 1.17 bits per heavy atom. The normalized spacial score (nSPS) is 10.9. The van der Waals surface area contributed by atoms with Gasteiger partial charge < -0.3 is 14.8 Å². The number of aromatic nitrogens is 3. The van der Waals surface area contributed by atoms with Crippen LogP contribution in [0.15, 0.2) is 60.3 Å². The summed E-state index contributed by atoms with van der Waals surface area (Å²) < 4.78 is 10.5. The van der Waals surface area contributed by atoms with E-state index < -0.39 is 5.91 Å². The highest BCUT2D eigenvalue weighted by Crippen LogP contribution is 2.27. The van der Waals surface area contributed by atoms with E-state index in [4.69, 9.17) is 9.47 Å². The molecule has 0 radical (unpaired) electrons. The van der Waals surface area contributed by atoms with Gasteiger partial charge in [0.2, 0.25) is 0 Å². The van der Waals surface area contributed by atoms with E-state index in [1.807, 2.05) is 54.6 Å². The summed E-state index contributed by atoms with van der Waals surface area (Å²) in [7, 11) is 3.15. The first-order valence-electron chi connectivity index (χ1n) is 9.23. The van der Waals surface area contributed by atoms with Crippen molar-refractivity contribution in [3.8, 4) is 23.3 Å². The number of methoxy groups -OCH3 is 2. The molecule has 0 aliphatic rings. The van der Waals surface area contributed by atoms with Crippen molar-refractivity contribution in [3.05, 3.63) is 71.6 Å². The number of nitrogens with one attached hydrogen (secondary N) is 1. The minimum absolute atomic E-state index is 0.0394. The van der Waals surface area contributed by atoms with E-state index in [0.29, 0.717) is 30.2 Å². The molecule has 0 aliphatic heterocycles. The van der Waals surface area contributed by atoms with Gasteiger partial charge in [-0.2, -0.15) is 15.2 Å². The zero-order valence-corrected chi connectivity index (χ0v) is 16.7. The predicted octanol–water partition coefficient (Wildman–Crippen LogP) is 2.55. The lowest BCUT2D eigenvalue weighted by Crippen LogP contribution is -2.26. The van der Waals surface area contributed by atoms with Crippen molar-refractivity contribution < 1.29 is 14.3 Å². The first-order valence-corrected chi connectivity index (χ1v) is 9.23. The predicted molar refractivity (Wildman–Crippen MR) is 111 cm³/mol. The van der Waals surface area contributed by atoms with Crippen LogP contribution >= 0.6 is 0 Å². The first kappa shape index (κ1) is 20.6. The summed E-state index contributed by atoms with van der Waals surface area (Å²) in [5, 5.41) is 20.6. The quantitative estimate of drug-likeness (QED) is 0.458. The molecule has 0 unspecified atom stereocenters. The third-order valence-electron chi connectivity index (χ3n) is 4.30. The molecule has 1 amide bonds. The van der Waals surface area contributed by atoms with Gasteiger partial charge in [0, 0.05) is 6.54 Å². The van der Waals surface area contributed by atoms with Crippen LogP contribution in [0.4, 0.5) is 0 Å². The molecule has 0 saturated heterocycles. The van der Waals surface area contributed by atoms with Crippen molar-refractivity contribution >= 4 is 12.0 Å². The number of nitriles is 1. The molecule has 0 bridgehead atoms. The summed E-state index contributed by atoms with van der Waals surface area (Å²) in [6.07, 6.45) is 3.49. The van der Waals surface area contributed by atoms with Crippen LogP contribution in [0.3, 0.4) is 0 Å². The summed E-state index contributed by atoms with van der Waals surface area (Å²) in [6, 6.07) is 16.9. The van der Waals surface area contributed by atoms with E-state index in [2.05, 4.69) is 15.5 Å². The zero-order valence-electron chi connectivity index (χ0n) is 16.7. The fourth-order valence-corrected chi connectivity index (χ4v) is 2.77. The molecule has 2 aromatic carbocycles. The molecule has 3 aromatic rings. The van der Waals surface area contributed by atoms with Crippen LogP contribution in [-0.4, -0.2) is 41.7 Å². The van der Waals surface area contributed by atoms with E-state index in [0.717, 1.165) is 11.3 Å². The second-order valence-corrected chi connectivity index (χ2v) is 6.26. The van der Waals surface area contributed by atoms with E-state index in [-0.39, 0.29) is 5.57 Å². The molecule has 0 fully saturated rings. The Morgan fingerprint density at radius 2 is 1.93 bits per heavy atom. The van der Waals surface area contributed by atoms with Crippen LogP contribution in [0.2, 0.25) is 0 Å². The number of amides is 1. The van der Waals surface area contributed by atoms with Gasteiger partial charge in [-0.25, -0.2) is 0 Å². The van der Waals surface area contributed by atoms with Gasteiger partial charge in [-0.1, -0.05) is 24.3 Å². The Kier molecular flexibility index (Phi) is 6.79. The van der Waals surface area contributed by atoms with Gasteiger partial charge in [-0.3, -0.25) is 4.79 Å². The summed E-state index contributed by atoms with van der Waals surface area (Å²) in [5.41, 5.74) is 2.14. The lowest BCUT2D eigenvalue weighted by atomic mass is 10.1. The van der Waals surface area contributed by atoms with Crippen LogP contribution in [-0.2, 0) is 11.2 Å². The zero-order chi connectivity index (χ0) is 21.3. The maximum Gasteiger partial charge on any atom is 0.262 e. The Hall–Kier alpha value is -4.12. The minimum Gasteiger partial charge on any atom is -0.493 e. The van der Waals surface area contributed by atoms with Crippen LogP contribution in [0.1, 0.15) is 11.3 Å². The maximum atomic E-state index is 12.4. The number of nitrogens with zero attached hydrogens (tertiary/aromatic N) is 4. The van der Waals surface area contributed by atoms with Crippen molar-refractivity contribution in [3.63, 3.8) is 0 Å². The number of benzene rings is 2. The molecule has 152 valence electrons. The highest BCUT2D eigenvalue weighted by atomic mass is 16.5. The fourth-order valence-electron chi connectivity index (χ4n) is 2.77. The molecule has 1 N–H and O–H groups in total. The lowest BCUT2D eigenvalue weighted by molar-refractivity contribution is -0.117. The Morgan fingerprint density at radius 3 is 2.63 bits per heavy atom. The largest absolute Gasteiger partial charge is 0.493 e. The number of para-hydroxylation sites is 1. The van der Waals surface area contributed by atoms with Crippen molar-refractivity contribution in [2.45, 2.75) is 6.42 Å². The average molecular weight is 403 g/mol. The van der Waals surface area contributed by atoms with Crippen LogP contribution in [0.25, 0.3) is 11.8 Å². The molecule has 8 nitrogen and oxygen atoms in total. The number of rotatable bonds is 8. The maximum absolute atomic E-state index is 12.4. The van der Waals surface area contributed by atoms with Gasteiger partial charge in [-0.05, 0) is 42.3 Å². The lowest BCUT2D eigenvalue weighted by Gasteiger charge is -2.10. The molecule has 1 aromatic heterocycles. The SMILES string of the molecule is COc1ccc(CCNC(=O)/C(C#N)=C/c2cnn(-c3ccccc3)n2)cc1OC.